The summed E-state index contributed by atoms with van der Waals surface area (Å²) in [7, 11) is 0. The normalized spacial score (nSPS) is 12.1. The zero-order chi connectivity index (χ0) is 20.1. The molecule has 0 fully saturated rings. The first kappa shape index (κ1) is 18.4. The molecule has 28 heavy (non-hydrogen) atoms. The Kier molecular flexibility index (Phi) is 4.33. The molecule has 1 heterocycles. The lowest BCUT2D eigenvalue weighted by Crippen LogP contribution is -2.12. The van der Waals surface area contributed by atoms with E-state index in [0.29, 0.717) is 10.8 Å². The van der Waals surface area contributed by atoms with Crippen molar-refractivity contribution in [1.29, 1.82) is 0 Å². The minimum absolute atomic E-state index is 0.345. The molecule has 3 aromatic carbocycles. The van der Waals surface area contributed by atoms with Gasteiger partial charge in [-0.25, -0.2) is 4.39 Å². The summed E-state index contributed by atoms with van der Waals surface area (Å²) in [6.07, 6.45) is -4.08. The zero-order valence-corrected chi connectivity index (χ0v) is 15.4. The summed E-state index contributed by atoms with van der Waals surface area (Å²) in [5, 5.41) is 2.75. The third-order valence-corrected chi connectivity index (χ3v) is 4.81. The minimum Gasteiger partial charge on any atom is -0.256 e. The molecule has 1 nitrogen and oxygen atoms in total. The van der Waals surface area contributed by atoms with Crippen LogP contribution in [0.15, 0.2) is 54.7 Å². The van der Waals surface area contributed by atoms with E-state index in [9.17, 15) is 17.6 Å². The Bertz CT molecular complexity index is 1190. The third kappa shape index (κ3) is 3.44. The zero-order valence-electron chi connectivity index (χ0n) is 15.4. The van der Waals surface area contributed by atoms with Gasteiger partial charge < -0.3 is 0 Å². The van der Waals surface area contributed by atoms with Gasteiger partial charge in [-0.05, 0) is 65.9 Å². The predicted molar refractivity (Wildman–Crippen MR) is 104 cm³/mol. The molecular formula is C23H17F4N. The molecule has 0 saturated carbocycles. The molecule has 142 valence electrons. The van der Waals surface area contributed by atoms with E-state index in [2.05, 4.69) is 11.1 Å². The van der Waals surface area contributed by atoms with Crippen molar-refractivity contribution in [2.75, 3.05) is 0 Å². The number of rotatable bonds is 2. The molecule has 4 rings (SSSR count). The maximum absolute atomic E-state index is 14.4. The van der Waals surface area contributed by atoms with E-state index < -0.39 is 18.4 Å². The van der Waals surface area contributed by atoms with Crippen LogP contribution in [0.3, 0.4) is 0 Å². The molecule has 0 aliphatic heterocycles. The highest BCUT2D eigenvalue weighted by Crippen LogP contribution is 2.34. The lowest BCUT2D eigenvalue weighted by molar-refractivity contribution is -0.127. The van der Waals surface area contributed by atoms with Crippen molar-refractivity contribution < 1.29 is 17.6 Å². The van der Waals surface area contributed by atoms with Gasteiger partial charge in [0.1, 0.15) is 5.82 Å². The number of halogens is 4. The molecule has 1 aromatic heterocycles. The molecule has 5 heteroatoms. The molecule has 0 aliphatic rings. The predicted octanol–water partition coefficient (Wildman–Crippen LogP) is 6.92. The summed E-state index contributed by atoms with van der Waals surface area (Å²) in [6, 6.07) is 14.0. The molecule has 0 spiro atoms. The van der Waals surface area contributed by atoms with Crippen molar-refractivity contribution in [1.82, 2.24) is 4.98 Å². The number of fused-ring (bicyclic) bond motifs is 3. The second-order valence-corrected chi connectivity index (χ2v) is 7.15. The summed E-state index contributed by atoms with van der Waals surface area (Å²) in [4.78, 5) is 4.51. The van der Waals surface area contributed by atoms with Gasteiger partial charge in [0, 0.05) is 17.1 Å². The van der Waals surface area contributed by atoms with Crippen LogP contribution in [0, 0.1) is 19.7 Å². The first-order chi connectivity index (χ1) is 13.2. The van der Waals surface area contributed by atoms with Gasteiger partial charge in [0.05, 0.1) is 12.1 Å². The van der Waals surface area contributed by atoms with E-state index in [-0.39, 0.29) is 5.56 Å². The van der Waals surface area contributed by atoms with Crippen LogP contribution in [-0.2, 0) is 6.42 Å². The number of aryl methyl sites for hydroxylation is 2. The standard InChI is InChI=1S/C23H17F4N/c1-13-7-14(2)9-16(8-13)22-19-4-3-15-10-17(12-23(25,26)27)21(24)11-20(15)18(19)5-6-28-22/h3-11H,12H2,1-2H3. The average molecular weight is 383 g/mol. The monoisotopic (exact) mass is 383 g/mol. The van der Waals surface area contributed by atoms with Crippen LogP contribution in [0.5, 0.6) is 0 Å². The fourth-order valence-electron chi connectivity index (χ4n) is 3.75. The van der Waals surface area contributed by atoms with Crippen molar-refractivity contribution in [3.05, 3.63) is 77.2 Å². The van der Waals surface area contributed by atoms with E-state index in [0.717, 1.165) is 33.2 Å². The van der Waals surface area contributed by atoms with Gasteiger partial charge in [-0.3, -0.25) is 4.98 Å². The number of benzene rings is 3. The summed E-state index contributed by atoms with van der Waals surface area (Å²) < 4.78 is 52.5. The Balaban J connectivity index is 1.95. The van der Waals surface area contributed by atoms with Gasteiger partial charge in [0.25, 0.3) is 0 Å². The lowest BCUT2D eigenvalue weighted by atomic mass is 9.95. The Morgan fingerprint density at radius 3 is 2.21 bits per heavy atom. The Morgan fingerprint density at radius 1 is 0.821 bits per heavy atom. The summed E-state index contributed by atoms with van der Waals surface area (Å²) in [5.41, 5.74) is 3.60. The smallest absolute Gasteiger partial charge is 0.256 e. The molecule has 0 bridgehead atoms. The van der Waals surface area contributed by atoms with Crippen LogP contribution >= 0.6 is 0 Å². The third-order valence-electron chi connectivity index (χ3n) is 4.81. The second kappa shape index (κ2) is 6.59. The molecule has 0 N–H and O–H groups in total. The molecule has 0 saturated heterocycles. The topological polar surface area (TPSA) is 12.9 Å². The minimum atomic E-state index is -4.45. The van der Waals surface area contributed by atoms with Gasteiger partial charge >= 0.3 is 6.18 Å². The van der Waals surface area contributed by atoms with E-state index >= 15 is 0 Å². The van der Waals surface area contributed by atoms with E-state index in [1.165, 1.54) is 12.1 Å². The van der Waals surface area contributed by atoms with Crippen molar-refractivity contribution in [3.63, 3.8) is 0 Å². The van der Waals surface area contributed by atoms with Crippen LogP contribution in [0.25, 0.3) is 32.8 Å². The van der Waals surface area contributed by atoms with Gasteiger partial charge in [0.2, 0.25) is 0 Å². The summed E-state index contributed by atoms with van der Waals surface area (Å²) >= 11 is 0. The maximum Gasteiger partial charge on any atom is 0.393 e. The van der Waals surface area contributed by atoms with Crippen LogP contribution in [-0.4, -0.2) is 11.2 Å². The van der Waals surface area contributed by atoms with Crippen molar-refractivity contribution in [3.8, 4) is 11.3 Å². The van der Waals surface area contributed by atoms with Crippen molar-refractivity contribution >= 4 is 21.5 Å². The molecule has 0 atom stereocenters. The first-order valence-electron chi connectivity index (χ1n) is 8.86. The Hall–Kier alpha value is -2.95. The highest BCUT2D eigenvalue weighted by Gasteiger charge is 2.29. The summed E-state index contributed by atoms with van der Waals surface area (Å²) in [5.74, 6) is -0.845. The maximum atomic E-state index is 14.4. The number of aromatic nitrogens is 1. The molecule has 0 aliphatic carbocycles. The molecule has 0 amide bonds. The number of alkyl halides is 3. The summed E-state index contributed by atoms with van der Waals surface area (Å²) in [6.45, 7) is 4.02. The number of hydrogen-bond donors (Lipinski definition) is 0. The number of pyridine rings is 1. The van der Waals surface area contributed by atoms with Crippen LogP contribution < -0.4 is 0 Å². The largest absolute Gasteiger partial charge is 0.393 e. The van der Waals surface area contributed by atoms with Gasteiger partial charge in [-0.15, -0.1) is 0 Å². The van der Waals surface area contributed by atoms with Crippen molar-refractivity contribution in [2.24, 2.45) is 0 Å². The lowest BCUT2D eigenvalue weighted by Gasteiger charge is -2.12. The first-order valence-corrected chi connectivity index (χ1v) is 8.86. The fraction of sp³-hybridized carbons (Fsp3) is 0.174. The highest BCUT2D eigenvalue weighted by atomic mass is 19.4. The fourth-order valence-corrected chi connectivity index (χ4v) is 3.75. The van der Waals surface area contributed by atoms with E-state index in [4.69, 9.17) is 0 Å². The Morgan fingerprint density at radius 2 is 1.54 bits per heavy atom. The number of hydrogen-bond acceptors (Lipinski definition) is 1. The van der Waals surface area contributed by atoms with Gasteiger partial charge in [0.15, 0.2) is 0 Å². The molecule has 4 aromatic rings. The average Bonchev–Trinajstić information content (AvgIpc) is 2.60. The van der Waals surface area contributed by atoms with Crippen LogP contribution in [0.1, 0.15) is 16.7 Å². The number of nitrogens with zero attached hydrogens (tertiary/aromatic N) is 1. The molecular weight excluding hydrogens is 366 g/mol. The molecule has 0 unspecified atom stereocenters. The molecule has 0 radical (unpaired) electrons. The Labute approximate surface area is 159 Å². The van der Waals surface area contributed by atoms with E-state index in [1.54, 1.807) is 18.3 Å². The van der Waals surface area contributed by atoms with E-state index in [1.807, 2.05) is 32.0 Å². The van der Waals surface area contributed by atoms with Gasteiger partial charge in [-0.1, -0.05) is 29.3 Å². The quantitative estimate of drug-likeness (QED) is 0.271. The van der Waals surface area contributed by atoms with Crippen LogP contribution in [0.2, 0.25) is 0 Å². The van der Waals surface area contributed by atoms with Crippen molar-refractivity contribution in [2.45, 2.75) is 26.4 Å². The van der Waals surface area contributed by atoms with Gasteiger partial charge in [-0.2, -0.15) is 13.2 Å². The SMILES string of the molecule is Cc1cc(C)cc(-c2nccc3c2ccc2cc(CC(F)(F)F)c(F)cc23)c1. The second-order valence-electron chi connectivity index (χ2n) is 7.15. The highest BCUT2D eigenvalue weighted by molar-refractivity contribution is 6.11. The van der Waals surface area contributed by atoms with Crippen LogP contribution in [0.4, 0.5) is 17.6 Å².